The number of furan rings is 1. The normalized spacial score (nSPS) is 11.2. The van der Waals surface area contributed by atoms with Gasteiger partial charge in [0.1, 0.15) is 18.0 Å². The Morgan fingerprint density at radius 1 is 1.57 bits per heavy atom. The summed E-state index contributed by atoms with van der Waals surface area (Å²) >= 11 is 0. The van der Waals surface area contributed by atoms with Gasteiger partial charge in [-0.15, -0.1) is 0 Å². The van der Waals surface area contributed by atoms with Gasteiger partial charge in [0.25, 0.3) is 0 Å². The number of hydrogen-bond acceptors (Lipinski definition) is 5. The van der Waals surface area contributed by atoms with Gasteiger partial charge in [0, 0.05) is 14.2 Å². The van der Waals surface area contributed by atoms with E-state index >= 15 is 0 Å². The van der Waals surface area contributed by atoms with Crippen LogP contribution in [-0.4, -0.2) is 14.2 Å². The van der Waals surface area contributed by atoms with Crippen molar-refractivity contribution in [3.05, 3.63) is 23.7 Å². The lowest BCUT2D eigenvalue weighted by molar-refractivity contribution is 0.272. The second-order valence-electron chi connectivity index (χ2n) is 2.50. The molecule has 1 heterocycles. The van der Waals surface area contributed by atoms with Crippen LogP contribution in [0.5, 0.6) is 0 Å². The van der Waals surface area contributed by atoms with Gasteiger partial charge >= 0.3 is 7.60 Å². The molecule has 0 aliphatic carbocycles. The monoisotopic (exact) mass is 215 g/mol. The molecule has 0 bridgehead atoms. The molecule has 0 N–H and O–H groups in total. The van der Waals surface area contributed by atoms with Gasteiger partial charge in [-0.2, -0.15) is 5.26 Å². The lowest BCUT2D eigenvalue weighted by Crippen LogP contribution is -1.93. The molecule has 0 aliphatic rings. The van der Waals surface area contributed by atoms with Crippen molar-refractivity contribution in [2.24, 2.45) is 0 Å². The van der Waals surface area contributed by atoms with Crippen LogP contribution in [0.1, 0.15) is 11.3 Å². The number of hydrogen-bond donors (Lipinski definition) is 0. The molecule has 0 aliphatic heterocycles. The molecule has 0 fully saturated rings. The molecule has 0 radical (unpaired) electrons. The quantitative estimate of drug-likeness (QED) is 0.719. The molecule has 0 atom stereocenters. The number of rotatable bonds is 4. The second kappa shape index (κ2) is 4.43. The van der Waals surface area contributed by atoms with Crippen LogP contribution in [0.25, 0.3) is 0 Å². The maximum atomic E-state index is 11.7. The first-order chi connectivity index (χ1) is 6.65. The van der Waals surface area contributed by atoms with E-state index in [0.717, 1.165) is 0 Å². The van der Waals surface area contributed by atoms with Crippen molar-refractivity contribution in [1.82, 2.24) is 0 Å². The minimum absolute atomic E-state index is 0.0319. The minimum Gasteiger partial charge on any atom is -0.467 e. The van der Waals surface area contributed by atoms with Crippen molar-refractivity contribution in [1.29, 1.82) is 5.26 Å². The Labute approximate surface area is 81.8 Å². The maximum Gasteiger partial charge on any atom is 0.337 e. The van der Waals surface area contributed by atoms with Gasteiger partial charge in [-0.1, -0.05) is 0 Å². The molecule has 76 valence electrons. The predicted octanol–water partition coefficient (Wildman–Crippen LogP) is 2.14. The van der Waals surface area contributed by atoms with Gasteiger partial charge in [-0.3, -0.25) is 4.57 Å². The summed E-state index contributed by atoms with van der Waals surface area (Å²) in [6.07, 6.45) is 1.33. The number of nitrogens with zero attached hydrogens (tertiary/aromatic N) is 1. The molecular weight excluding hydrogens is 205 g/mol. The topological polar surface area (TPSA) is 72.5 Å². The second-order valence-corrected chi connectivity index (χ2v) is 4.77. The Kier molecular flexibility index (Phi) is 3.48. The highest BCUT2D eigenvalue weighted by Crippen LogP contribution is 2.50. The van der Waals surface area contributed by atoms with Crippen molar-refractivity contribution in [3.63, 3.8) is 0 Å². The molecule has 0 unspecified atom stereocenters. The third-order valence-electron chi connectivity index (χ3n) is 1.76. The highest BCUT2D eigenvalue weighted by molar-refractivity contribution is 7.52. The van der Waals surface area contributed by atoms with Gasteiger partial charge in [-0.25, -0.2) is 0 Å². The van der Waals surface area contributed by atoms with E-state index in [1.165, 1.54) is 26.5 Å². The summed E-state index contributed by atoms with van der Waals surface area (Å²) in [6, 6.07) is 3.43. The minimum atomic E-state index is -3.15. The van der Waals surface area contributed by atoms with Gasteiger partial charge in [0.15, 0.2) is 0 Å². The summed E-state index contributed by atoms with van der Waals surface area (Å²) in [6.45, 7) is 0. The lowest BCUT2D eigenvalue weighted by atomic mass is 10.3. The van der Waals surface area contributed by atoms with Crippen molar-refractivity contribution in [2.75, 3.05) is 14.2 Å². The number of nitriles is 1. The largest absolute Gasteiger partial charge is 0.467 e. The highest BCUT2D eigenvalue weighted by atomic mass is 31.2. The molecule has 0 spiro atoms. The molecule has 5 nitrogen and oxygen atoms in total. The zero-order chi connectivity index (χ0) is 10.6. The molecule has 1 aromatic rings. The van der Waals surface area contributed by atoms with E-state index in [4.69, 9.17) is 18.7 Å². The van der Waals surface area contributed by atoms with E-state index in [0.29, 0.717) is 11.3 Å². The van der Waals surface area contributed by atoms with Crippen LogP contribution in [0.3, 0.4) is 0 Å². The molecule has 0 saturated carbocycles. The lowest BCUT2D eigenvalue weighted by Gasteiger charge is -2.11. The van der Waals surface area contributed by atoms with Gasteiger partial charge in [0.2, 0.25) is 0 Å². The third kappa shape index (κ3) is 2.24. The smallest absolute Gasteiger partial charge is 0.337 e. The Bertz CT molecular complexity index is 384. The Morgan fingerprint density at radius 2 is 2.21 bits per heavy atom. The first-order valence-electron chi connectivity index (χ1n) is 3.82. The summed E-state index contributed by atoms with van der Waals surface area (Å²) in [5, 5.41) is 8.67. The summed E-state index contributed by atoms with van der Waals surface area (Å²) in [5.41, 5.74) is 0.347. The first kappa shape index (κ1) is 11.0. The molecule has 0 aromatic carbocycles. The molecule has 1 rings (SSSR count). The van der Waals surface area contributed by atoms with E-state index < -0.39 is 7.60 Å². The summed E-state index contributed by atoms with van der Waals surface area (Å²) in [7, 11) is -0.573. The fourth-order valence-corrected chi connectivity index (χ4v) is 1.95. The summed E-state index contributed by atoms with van der Waals surface area (Å²) in [4.78, 5) is 0. The van der Waals surface area contributed by atoms with Crippen molar-refractivity contribution in [2.45, 2.75) is 6.16 Å². The van der Waals surface area contributed by atoms with Crippen molar-refractivity contribution < 1.29 is 18.0 Å². The predicted molar refractivity (Wildman–Crippen MR) is 48.8 cm³/mol. The van der Waals surface area contributed by atoms with E-state index in [1.807, 2.05) is 6.07 Å². The molecule has 6 heteroatoms. The molecule has 14 heavy (non-hydrogen) atoms. The Morgan fingerprint density at radius 3 is 2.71 bits per heavy atom. The van der Waals surface area contributed by atoms with E-state index in [1.54, 1.807) is 0 Å². The van der Waals surface area contributed by atoms with Crippen molar-refractivity contribution in [3.8, 4) is 6.07 Å². The van der Waals surface area contributed by atoms with Crippen LogP contribution in [-0.2, 0) is 19.8 Å². The summed E-state index contributed by atoms with van der Waals surface area (Å²) < 4.78 is 26.1. The van der Waals surface area contributed by atoms with Crippen molar-refractivity contribution >= 4 is 7.60 Å². The van der Waals surface area contributed by atoms with E-state index in [9.17, 15) is 4.57 Å². The molecular formula is C8H10NO4P. The van der Waals surface area contributed by atoms with Crippen LogP contribution < -0.4 is 0 Å². The molecule has 0 amide bonds. The first-order valence-corrected chi connectivity index (χ1v) is 5.55. The SMILES string of the molecule is COP(=O)(Cc1occc1C#N)OC. The van der Waals surface area contributed by atoms with Crippen LogP contribution in [0.4, 0.5) is 0 Å². The van der Waals surface area contributed by atoms with Crippen LogP contribution in [0, 0.1) is 11.3 Å². The summed E-state index contributed by atoms with van der Waals surface area (Å²) in [5.74, 6) is 0.319. The van der Waals surface area contributed by atoms with E-state index in [-0.39, 0.29) is 6.16 Å². The standard InChI is InChI=1S/C8H10NO4P/c1-11-14(10,12-2)6-8-7(5-9)3-4-13-8/h3-4H,6H2,1-2H3. The zero-order valence-corrected chi connectivity index (χ0v) is 8.78. The van der Waals surface area contributed by atoms with Gasteiger partial charge in [0.05, 0.1) is 11.8 Å². The Hall–Kier alpha value is -1.08. The Balaban J connectivity index is 2.89. The molecule has 0 saturated heterocycles. The van der Waals surface area contributed by atoms with Gasteiger partial charge < -0.3 is 13.5 Å². The fourth-order valence-electron chi connectivity index (χ4n) is 0.942. The zero-order valence-electron chi connectivity index (χ0n) is 7.89. The molecule has 1 aromatic heterocycles. The van der Waals surface area contributed by atoms with Crippen LogP contribution in [0.15, 0.2) is 16.7 Å². The van der Waals surface area contributed by atoms with E-state index in [2.05, 4.69) is 0 Å². The highest BCUT2D eigenvalue weighted by Gasteiger charge is 2.25. The third-order valence-corrected chi connectivity index (χ3v) is 3.55. The average Bonchev–Trinajstić information content (AvgIpc) is 2.65. The van der Waals surface area contributed by atoms with Crippen LogP contribution in [0.2, 0.25) is 0 Å². The van der Waals surface area contributed by atoms with Crippen LogP contribution >= 0.6 is 7.60 Å². The van der Waals surface area contributed by atoms with Gasteiger partial charge in [-0.05, 0) is 6.07 Å². The fraction of sp³-hybridized carbons (Fsp3) is 0.375. The average molecular weight is 215 g/mol. The maximum absolute atomic E-state index is 11.7.